The highest BCUT2D eigenvalue weighted by atomic mass is 32.1. The number of hydrogen-bond donors (Lipinski definition) is 3. The van der Waals surface area contributed by atoms with Crippen LogP contribution < -0.4 is 20.1 Å². The van der Waals surface area contributed by atoms with Crippen molar-refractivity contribution in [2.45, 2.75) is 24.9 Å². The maximum Gasteiger partial charge on any atom is 0.437 e. The highest BCUT2D eigenvalue weighted by Crippen LogP contribution is 2.45. The van der Waals surface area contributed by atoms with Gasteiger partial charge in [0.15, 0.2) is 5.11 Å². The monoisotopic (exact) mass is 408 g/mol. The van der Waals surface area contributed by atoms with E-state index in [0.29, 0.717) is 5.75 Å². The minimum absolute atomic E-state index is 0.140. The molecule has 3 atom stereocenters. The topological polar surface area (TPSA) is 89.1 Å². The number of alkyl halides is 3. The van der Waals surface area contributed by atoms with E-state index in [1.165, 1.54) is 39.3 Å². The van der Waals surface area contributed by atoms with Crippen LogP contribution in [0.3, 0.4) is 0 Å². The highest BCUT2D eigenvalue weighted by Gasteiger charge is 2.66. The molecule has 1 heterocycles. The standard InChI is InChI=1S/C16H19F3N2O5S/c1-4-26-13(22)11-12(9-7-8(24-2)5-6-10(9)25-3)20-14(27)21-15(11,23)16(17,18)19/h5-7,11-12,23H,4H2,1-3H3,(H2,20,21,27)/t11-,12+,15-/m1/s1. The van der Waals surface area contributed by atoms with Crippen LogP contribution in [0.15, 0.2) is 18.2 Å². The molecule has 0 radical (unpaired) electrons. The van der Waals surface area contributed by atoms with Crippen molar-refractivity contribution < 1.29 is 37.3 Å². The van der Waals surface area contributed by atoms with Crippen molar-refractivity contribution in [2.75, 3.05) is 20.8 Å². The van der Waals surface area contributed by atoms with Gasteiger partial charge in [-0.15, -0.1) is 0 Å². The lowest BCUT2D eigenvalue weighted by atomic mass is 9.81. The molecule has 0 bridgehead atoms. The molecular formula is C16H19F3N2O5S. The predicted octanol–water partition coefficient (Wildman–Crippen LogP) is 1.65. The van der Waals surface area contributed by atoms with Crippen LogP contribution in [0.5, 0.6) is 11.5 Å². The number of nitrogens with one attached hydrogen (secondary N) is 2. The first-order valence-electron chi connectivity index (χ1n) is 7.85. The highest BCUT2D eigenvalue weighted by molar-refractivity contribution is 7.80. The first-order valence-corrected chi connectivity index (χ1v) is 8.26. The molecule has 1 aliphatic rings. The number of thiocarbonyl (C=S) groups is 1. The van der Waals surface area contributed by atoms with Crippen molar-refractivity contribution in [3.05, 3.63) is 23.8 Å². The Morgan fingerprint density at radius 3 is 2.52 bits per heavy atom. The lowest BCUT2D eigenvalue weighted by molar-refractivity contribution is -0.292. The van der Waals surface area contributed by atoms with E-state index in [0.717, 1.165) is 0 Å². The molecule has 0 saturated carbocycles. The van der Waals surface area contributed by atoms with E-state index in [1.807, 2.05) is 0 Å². The second-order valence-electron chi connectivity index (χ2n) is 5.68. The van der Waals surface area contributed by atoms with Crippen molar-refractivity contribution in [3.63, 3.8) is 0 Å². The number of methoxy groups -OCH3 is 2. The summed E-state index contributed by atoms with van der Waals surface area (Å²) in [5, 5.41) is 14.3. The summed E-state index contributed by atoms with van der Waals surface area (Å²) in [5.41, 5.74) is -3.50. The third kappa shape index (κ3) is 3.88. The number of rotatable bonds is 5. The molecule has 1 saturated heterocycles. The number of carbonyl (C=O) groups excluding carboxylic acids is 1. The summed E-state index contributed by atoms with van der Waals surface area (Å²) < 4.78 is 56.2. The van der Waals surface area contributed by atoms with Gasteiger partial charge in [0.2, 0.25) is 0 Å². The zero-order chi connectivity index (χ0) is 20.4. The predicted molar refractivity (Wildman–Crippen MR) is 92.3 cm³/mol. The molecule has 7 nitrogen and oxygen atoms in total. The van der Waals surface area contributed by atoms with Gasteiger partial charge in [0.05, 0.1) is 26.9 Å². The molecule has 3 N–H and O–H groups in total. The van der Waals surface area contributed by atoms with Crippen molar-refractivity contribution in [1.29, 1.82) is 0 Å². The number of ether oxygens (including phenoxy) is 3. The summed E-state index contributed by atoms with van der Waals surface area (Å²) in [6.07, 6.45) is -5.22. The molecule has 150 valence electrons. The summed E-state index contributed by atoms with van der Waals surface area (Å²) in [6, 6.07) is 3.01. The Hall–Kier alpha value is -2.27. The van der Waals surface area contributed by atoms with Gasteiger partial charge in [-0.1, -0.05) is 0 Å². The smallest absolute Gasteiger partial charge is 0.437 e. The van der Waals surface area contributed by atoms with Gasteiger partial charge >= 0.3 is 12.1 Å². The fourth-order valence-electron chi connectivity index (χ4n) is 2.88. The Kier molecular flexibility index (Phi) is 6.05. The van der Waals surface area contributed by atoms with Crippen LogP contribution in [0, 0.1) is 5.92 Å². The van der Waals surface area contributed by atoms with E-state index < -0.39 is 34.9 Å². The Labute approximate surface area is 158 Å². The minimum atomic E-state index is -5.22. The van der Waals surface area contributed by atoms with Gasteiger partial charge in [0.25, 0.3) is 5.72 Å². The fraction of sp³-hybridized carbons (Fsp3) is 0.500. The van der Waals surface area contributed by atoms with Gasteiger partial charge in [0.1, 0.15) is 17.4 Å². The van der Waals surface area contributed by atoms with Gasteiger partial charge < -0.3 is 30.0 Å². The first kappa shape index (κ1) is 21.0. The summed E-state index contributed by atoms with van der Waals surface area (Å²) in [6.45, 7) is 1.27. The van der Waals surface area contributed by atoms with Crippen LogP contribution in [-0.2, 0) is 9.53 Å². The summed E-state index contributed by atoms with van der Waals surface area (Å²) in [7, 11) is 2.70. The molecule has 27 heavy (non-hydrogen) atoms. The zero-order valence-electron chi connectivity index (χ0n) is 14.7. The zero-order valence-corrected chi connectivity index (χ0v) is 15.5. The molecule has 0 aromatic heterocycles. The molecule has 0 aliphatic carbocycles. The largest absolute Gasteiger partial charge is 0.497 e. The van der Waals surface area contributed by atoms with Gasteiger partial charge in [0, 0.05) is 5.56 Å². The Morgan fingerprint density at radius 2 is 2.00 bits per heavy atom. The third-order valence-corrected chi connectivity index (χ3v) is 4.34. The Balaban J connectivity index is 2.67. The molecular weight excluding hydrogens is 389 g/mol. The summed E-state index contributed by atoms with van der Waals surface area (Å²) in [5.74, 6) is -2.87. The molecule has 1 fully saturated rings. The van der Waals surface area contributed by atoms with Crippen molar-refractivity contribution in [1.82, 2.24) is 10.6 Å². The Bertz CT molecular complexity index is 730. The molecule has 1 aliphatic heterocycles. The van der Waals surface area contributed by atoms with Crippen LogP contribution in [0.4, 0.5) is 13.2 Å². The summed E-state index contributed by atoms with van der Waals surface area (Å²) >= 11 is 4.84. The number of hydrogen-bond acceptors (Lipinski definition) is 6. The van der Waals surface area contributed by atoms with E-state index in [-0.39, 0.29) is 17.9 Å². The van der Waals surface area contributed by atoms with Crippen LogP contribution >= 0.6 is 12.2 Å². The van der Waals surface area contributed by atoms with Crippen LogP contribution in [0.1, 0.15) is 18.5 Å². The lowest BCUT2D eigenvalue weighted by Gasteiger charge is -2.45. The lowest BCUT2D eigenvalue weighted by Crippen LogP contribution is -2.73. The quantitative estimate of drug-likeness (QED) is 0.501. The van der Waals surface area contributed by atoms with E-state index in [1.54, 1.807) is 5.32 Å². The van der Waals surface area contributed by atoms with E-state index in [9.17, 15) is 23.1 Å². The fourth-order valence-corrected chi connectivity index (χ4v) is 3.16. The number of carbonyl (C=O) groups is 1. The van der Waals surface area contributed by atoms with Crippen LogP contribution in [0.2, 0.25) is 0 Å². The van der Waals surface area contributed by atoms with Crippen LogP contribution in [-0.4, -0.2) is 48.9 Å². The molecule has 0 amide bonds. The van der Waals surface area contributed by atoms with Gasteiger partial charge in [-0.05, 0) is 37.3 Å². The van der Waals surface area contributed by atoms with Crippen molar-refractivity contribution >= 4 is 23.3 Å². The number of benzene rings is 1. The normalized spacial score (nSPS) is 25.2. The molecule has 0 unspecified atom stereocenters. The molecule has 1 aromatic carbocycles. The maximum atomic E-state index is 13.7. The second kappa shape index (κ2) is 7.77. The van der Waals surface area contributed by atoms with Crippen molar-refractivity contribution in [3.8, 4) is 11.5 Å². The maximum absolute atomic E-state index is 13.7. The SMILES string of the molecule is CCOC(=O)[C@H]1[C@H](c2cc(OC)ccc2OC)NC(=S)N[C@]1(O)C(F)(F)F. The van der Waals surface area contributed by atoms with E-state index in [4.69, 9.17) is 26.4 Å². The third-order valence-electron chi connectivity index (χ3n) is 4.12. The first-order chi connectivity index (χ1) is 12.6. The second-order valence-corrected chi connectivity index (χ2v) is 6.09. The van der Waals surface area contributed by atoms with Gasteiger partial charge in [-0.3, -0.25) is 4.79 Å². The Morgan fingerprint density at radius 1 is 1.33 bits per heavy atom. The molecule has 1 aromatic rings. The average molecular weight is 408 g/mol. The average Bonchev–Trinajstić information content (AvgIpc) is 2.59. The van der Waals surface area contributed by atoms with Crippen molar-refractivity contribution in [2.24, 2.45) is 5.92 Å². The number of halogens is 3. The van der Waals surface area contributed by atoms with Gasteiger partial charge in [-0.2, -0.15) is 13.2 Å². The number of esters is 1. The van der Waals surface area contributed by atoms with E-state index >= 15 is 0 Å². The summed E-state index contributed by atoms with van der Waals surface area (Å²) in [4.78, 5) is 12.4. The molecule has 0 spiro atoms. The minimum Gasteiger partial charge on any atom is -0.497 e. The molecule has 11 heteroatoms. The van der Waals surface area contributed by atoms with Gasteiger partial charge in [-0.25, -0.2) is 0 Å². The van der Waals surface area contributed by atoms with Crippen LogP contribution in [0.25, 0.3) is 0 Å². The number of aliphatic hydroxyl groups is 1. The molecule has 2 rings (SSSR count). The van der Waals surface area contributed by atoms with E-state index in [2.05, 4.69) is 5.32 Å².